The fourth-order valence-corrected chi connectivity index (χ4v) is 3.82. The molecule has 6 nitrogen and oxygen atoms in total. The van der Waals surface area contributed by atoms with Gasteiger partial charge in [0.05, 0.1) is 12.5 Å². The van der Waals surface area contributed by atoms with Gasteiger partial charge in [0.1, 0.15) is 11.9 Å². The average Bonchev–Trinajstić information content (AvgIpc) is 3.22. The first-order valence-electron chi connectivity index (χ1n) is 8.96. The number of H-pyrrole nitrogens is 1. The number of likely N-dealkylation sites (tertiary alicyclic amines) is 1. The lowest BCUT2D eigenvalue weighted by Gasteiger charge is -2.34. The highest BCUT2D eigenvalue weighted by Crippen LogP contribution is 2.39. The normalized spacial score (nSPS) is 25.8. The zero-order valence-corrected chi connectivity index (χ0v) is 14.7. The van der Waals surface area contributed by atoms with E-state index in [2.05, 4.69) is 34.2 Å². The highest BCUT2D eigenvalue weighted by molar-refractivity contribution is 5.79. The molecule has 2 aliphatic rings. The molecule has 3 atom stereocenters. The van der Waals surface area contributed by atoms with E-state index in [1.807, 2.05) is 24.0 Å². The third-order valence-electron chi connectivity index (χ3n) is 5.28. The zero-order valence-electron chi connectivity index (χ0n) is 14.7. The van der Waals surface area contributed by atoms with Crippen molar-refractivity contribution >= 4 is 5.91 Å². The number of aryl methyl sites for hydroxylation is 2. The maximum atomic E-state index is 12.6. The largest absolute Gasteiger partial charge is 0.365 e. The Bertz CT molecular complexity index is 755. The number of aromatic nitrogens is 3. The summed E-state index contributed by atoms with van der Waals surface area (Å²) in [5.74, 6) is 2.23. The van der Waals surface area contributed by atoms with Crippen molar-refractivity contribution in [3.8, 4) is 0 Å². The Hall–Kier alpha value is -2.21. The van der Waals surface area contributed by atoms with Crippen LogP contribution in [0.2, 0.25) is 0 Å². The Morgan fingerprint density at radius 1 is 1.32 bits per heavy atom. The van der Waals surface area contributed by atoms with E-state index in [4.69, 9.17) is 4.74 Å². The molecule has 2 saturated heterocycles. The number of aromatic amines is 1. The number of carbonyl (C=O) groups excluding carboxylic acids is 1. The van der Waals surface area contributed by atoms with Crippen molar-refractivity contribution < 1.29 is 9.53 Å². The summed E-state index contributed by atoms with van der Waals surface area (Å²) in [6.07, 6.45) is 2.44. The van der Waals surface area contributed by atoms with Crippen molar-refractivity contribution in [3.63, 3.8) is 0 Å². The molecule has 2 aliphatic heterocycles. The summed E-state index contributed by atoms with van der Waals surface area (Å²) in [5, 5.41) is 7.11. The lowest BCUT2D eigenvalue weighted by atomic mass is 9.91. The van der Waals surface area contributed by atoms with E-state index in [1.54, 1.807) is 0 Å². The van der Waals surface area contributed by atoms with Gasteiger partial charge in [-0.25, -0.2) is 4.98 Å². The molecular weight excluding hydrogens is 316 g/mol. The summed E-state index contributed by atoms with van der Waals surface area (Å²) in [6, 6.07) is 8.18. The van der Waals surface area contributed by atoms with E-state index in [9.17, 15) is 4.79 Å². The number of carbonyl (C=O) groups is 1. The SMILES string of the molecule is Cc1ccc(CC(=O)N2CC[C@@H]3C[C@@H](c4n[nH]c(C)n4)O[C@H]3C2)cc1. The topological polar surface area (TPSA) is 71.1 Å². The lowest BCUT2D eigenvalue weighted by molar-refractivity contribution is -0.135. The molecule has 6 heteroatoms. The molecule has 1 aromatic heterocycles. The Morgan fingerprint density at radius 2 is 2.12 bits per heavy atom. The highest BCUT2D eigenvalue weighted by atomic mass is 16.5. The summed E-state index contributed by atoms with van der Waals surface area (Å²) in [4.78, 5) is 19.0. The molecule has 25 heavy (non-hydrogen) atoms. The predicted octanol–water partition coefficient (Wildman–Crippen LogP) is 2.34. The van der Waals surface area contributed by atoms with Crippen LogP contribution in [0.4, 0.5) is 0 Å². The molecule has 0 saturated carbocycles. The van der Waals surface area contributed by atoms with Gasteiger partial charge in [-0.05, 0) is 38.2 Å². The van der Waals surface area contributed by atoms with Crippen LogP contribution >= 0.6 is 0 Å². The Kier molecular flexibility index (Phi) is 4.29. The number of rotatable bonds is 3. The first-order valence-corrected chi connectivity index (χ1v) is 8.96. The van der Waals surface area contributed by atoms with Crippen LogP contribution in [0.25, 0.3) is 0 Å². The summed E-state index contributed by atoms with van der Waals surface area (Å²) >= 11 is 0. The van der Waals surface area contributed by atoms with Crippen LogP contribution in [-0.4, -0.2) is 45.2 Å². The maximum absolute atomic E-state index is 12.6. The van der Waals surface area contributed by atoms with Crippen molar-refractivity contribution in [1.82, 2.24) is 20.1 Å². The van der Waals surface area contributed by atoms with E-state index < -0.39 is 0 Å². The van der Waals surface area contributed by atoms with Crippen LogP contribution in [0.3, 0.4) is 0 Å². The molecule has 1 aromatic carbocycles. The number of fused-ring (bicyclic) bond motifs is 1. The van der Waals surface area contributed by atoms with Gasteiger partial charge in [0.2, 0.25) is 5.91 Å². The van der Waals surface area contributed by atoms with Gasteiger partial charge < -0.3 is 9.64 Å². The molecule has 2 aromatic rings. The molecule has 0 aliphatic carbocycles. The molecule has 1 amide bonds. The number of ether oxygens (including phenoxy) is 1. The molecule has 132 valence electrons. The molecule has 0 unspecified atom stereocenters. The van der Waals surface area contributed by atoms with Crippen LogP contribution in [0.5, 0.6) is 0 Å². The number of amides is 1. The highest BCUT2D eigenvalue weighted by Gasteiger charge is 2.41. The first kappa shape index (κ1) is 16.3. The minimum Gasteiger partial charge on any atom is -0.365 e. The molecule has 1 N–H and O–H groups in total. The zero-order chi connectivity index (χ0) is 17.4. The summed E-state index contributed by atoms with van der Waals surface area (Å²) in [6.45, 7) is 5.44. The smallest absolute Gasteiger partial charge is 0.227 e. The van der Waals surface area contributed by atoms with Crippen LogP contribution in [0.15, 0.2) is 24.3 Å². The van der Waals surface area contributed by atoms with Crippen LogP contribution in [0.1, 0.15) is 41.7 Å². The molecular formula is C19H24N4O2. The Morgan fingerprint density at radius 3 is 2.84 bits per heavy atom. The van der Waals surface area contributed by atoms with Crippen LogP contribution < -0.4 is 0 Å². The van der Waals surface area contributed by atoms with Gasteiger partial charge in [-0.3, -0.25) is 9.89 Å². The predicted molar refractivity (Wildman–Crippen MR) is 92.9 cm³/mol. The number of piperidine rings is 1. The van der Waals surface area contributed by atoms with Crippen LogP contribution in [-0.2, 0) is 16.0 Å². The summed E-state index contributed by atoms with van der Waals surface area (Å²) in [7, 11) is 0. The fourth-order valence-electron chi connectivity index (χ4n) is 3.82. The third-order valence-corrected chi connectivity index (χ3v) is 5.28. The van der Waals surface area contributed by atoms with Crippen molar-refractivity contribution in [3.05, 3.63) is 47.0 Å². The number of nitrogens with one attached hydrogen (secondary N) is 1. The second-order valence-corrected chi connectivity index (χ2v) is 7.23. The van der Waals surface area contributed by atoms with Gasteiger partial charge in [0, 0.05) is 13.1 Å². The van der Waals surface area contributed by atoms with Crippen LogP contribution in [0, 0.1) is 19.8 Å². The van der Waals surface area contributed by atoms with Gasteiger partial charge in [0.15, 0.2) is 5.82 Å². The van der Waals surface area contributed by atoms with Gasteiger partial charge in [-0.15, -0.1) is 0 Å². The molecule has 0 radical (unpaired) electrons. The van der Waals surface area contributed by atoms with E-state index in [1.165, 1.54) is 5.56 Å². The summed E-state index contributed by atoms with van der Waals surface area (Å²) < 4.78 is 6.17. The minimum atomic E-state index is -0.0490. The first-order chi connectivity index (χ1) is 12.1. The lowest BCUT2D eigenvalue weighted by Crippen LogP contribution is -2.45. The standard InChI is InChI=1S/C19H24N4O2/c1-12-3-5-14(6-4-12)9-18(24)23-8-7-15-10-16(25-17(15)11-23)19-20-13(2)21-22-19/h3-6,15-17H,7-11H2,1-2H3,(H,20,21,22)/t15-,16+,17+/m1/s1. The van der Waals surface area contributed by atoms with Gasteiger partial charge in [-0.2, -0.15) is 5.10 Å². The van der Waals surface area contributed by atoms with Crippen molar-refractivity contribution in [2.24, 2.45) is 5.92 Å². The number of nitrogens with zero attached hydrogens (tertiary/aromatic N) is 3. The number of hydrogen-bond donors (Lipinski definition) is 1. The van der Waals surface area contributed by atoms with E-state index in [0.29, 0.717) is 18.9 Å². The maximum Gasteiger partial charge on any atom is 0.227 e. The Balaban J connectivity index is 1.37. The van der Waals surface area contributed by atoms with Gasteiger partial charge in [-0.1, -0.05) is 29.8 Å². The molecule has 3 heterocycles. The monoisotopic (exact) mass is 340 g/mol. The molecule has 0 spiro atoms. The fraction of sp³-hybridized carbons (Fsp3) is 0.526. The molecule has 2 fully saturated rings. The van der Waals surface area contributed by atoms with Crippen molar-refractivity contribution in [2.45, 2.75) is 45.3 Å². The number of hydrogen-bond acceptors (Lipinski definition) is 4. The second kappa shape index (κ2) is 6.59. The quantitative estimate of drug-likeness (QED) is 0.931. The third kappa shape index (κ3) is 3.44. The minimum absolute atomic E-state index is 0.0490. The second-order valence-electron chi connectivity index (χ2n) is 7.23. The van der Waals surface area contributed by atoms with E-state index >= 15 is 0 Å². The van der Waals surface area contributed by atoms with E-state index in [-0.39, 0.29) is 18.1 Å². The van der Waals surface area contributed by atoms with Crippen molar-refractivity contribution in [1.29, 1.82) is 0 Å². The van der Waals surface area contributed by atoms with Crippen molar-refractivity contribution in [2.75, 3.05) is 13.1 Å². The van der Waals surface area contributed by atoms with Gasteiger partial charge in [0.25, 0.3) is 0 Å². The molecule has 0 bridgehead atoms. The molecule has 4 rings (SSSR count). The Labute approximate surface area is 147 Å². The summed E-state index contributed by atoms with van der Waals surface area (Å²) in [5.41, 5.74) is 2.28. The van der Waals surface area contributed by atoms with E-state index in [0.717, 1.165) is 36.6 Å². The average molecular weight is 340 g/mol. The van der Waals surface area contributed by atoms with Gasteiger partial charge >= 0.3 is 0 Å². The number of benzene rings is 1.